The summed E-state index contributed by atoms with van der Waals surface area (Å²) in [6.07, 6.45) is 5.41. The van der Waals surface area contributed by atoms with E-state index in [1.165, 1.54) is 23.0 Å². The molecule has 7 nitrogen and oxygen atoms in total. The lowest BCUT2D eigenvalue weighted by atomic mass is 10.1. The summed E-state index contributed by atoms with van der Waals surface area (Å²) in [6.45, 7) is 2.15. The zero-order valence-electron chi connectivity index (χ0n) is 13.2. The summed E-state index contributed by atoms with van der Waals surface area (Å²) >= 11 is 0. The third kappa shape index (κ3) is 4.07. The maximum Gasteiger partial charge on any atom is 0.246 e. The van der Waals surface area contributed by atoms with Crippen LogP contribution in [-0.4, -0.2) is 47.0 Å². The number of ether oxygens (including phenoxy) is 1. The molecule has 2 aromatic rings. The molecule has 3 rings (SSSR count). The molecule has 0 spiro atoms. The summed E-state index contributed by atoms with van der Waals surface area (Å²) in [6, 6.07) is 7.93. The minimum atomic E-state index is -0.121. The number of carbonyl (C=O) groups is 1. The summed E-state index contributed by atoms with van der Waals surface area (Å²) in [5.41, 5.74) is 1.96. The number of rotatable bonds is 5. The second kappa shape index (κ2) is 7.23. The third-order valence-electron chi connectivity index (χ3n) is 4.06. The van der Waals surface area contributed by atoms with E-state index in [2.05, 4.69) is 20.3 Å². The first kappa shape index (κ1) is 15.5. The number of hydrogen-bond acceptors (Lipinski definition) is 5. The Bertz CT molecular complexity index is 618. The Morgan fingerprint density at radius 3 is 2.65 bits per heavy atom. The highest BCUT2D eigenvalue weighted by atomic mass is 16.5. The van der Waals surface area contributed by atoms with Crippen molar-refractivity contribution in [3.8, 4) is 0 Å². The zero-order chi connectivity index (χ0) is 16.1. The maximum atomic E-state index is 11.9. The standard InChI is InChI=1S/C16H21N5O2/c1-23-15-6-8-20(9-7-15)14-4-2-13(3-5-14)19-16(22)10-21-12-17-11-18-21/h2-5,11-12,15H,6-10H2,1H3,(H,19,22). The van der Waals surface area contributed by atoms with Gasteiger partial charge >= 0.3 is 0 Å². The van der Waals surface area contributed by atoms with Gasteiger partial charge in [-0.15, -0.1) is 0 Å². The molecular weight excluding hydrogens is 294 g/mol. The summed E-state index contributed by atoms with van der Waals surface area (Å²) in [5.74, 6) is -0.121. The van der Waals surface area contributed by atoms with Crippen molar-refractivity contribution in [2.24, 2.45) is 0 Å². The minimum Gasteiger partial charge on any atom is -0.381 e. The average molecular weight is 315 g/mol. The Kier molecular flexibility index (Phi) is 4.87. The Morgan fingerprint density at radius 1 is 1.30 bits per heavy atom. The number of benzene rings is 1. The van der Waals surface area contributed by atoms with Gasteiger partial charge in [-0.05, 0) is 37.1 Å². The van der Waals surface area contributed by atoms with Crippen LogP contribution in [-0.2, 0) is 16.1 Å². The molecule has 1 aromatic heterocycles. The van der Waals surface area contributed by atoms with Gasteiger partial charge < -0.3 is 15.0 Å². The highest BCUT2D eigenvalue weighted by Crippen LogP contribution is 2.22. The minimum absolute atomic E-state index is 0.121. The van der Waals surface area contributed by atoms with Crippen LogP contribution in [0.5, 0.6) is 0 Å². The van der Waals surface area contributed by atoms with Crippen molar-refractivity contribution in [1.29, 1.82) is 0 Å². The molecule has 1 N–H and O–H groups in total. The average Bonchev–Trinajstić information content (AvgIpc) is 3.08. The molecular formula is C16H21N5O2. The van der Waals surface area contributed by atoms with Crippen LogP contribution in [0.2, 0.25) is 0 Å². The molecule has 1 saturated heterocycles. The van der Waals surface area contributed by atoms with E-state index >= 15 is 0 Å². The van der Waals surface area contributed by atoms with Gasteiger partial charge in [0.1, 0.15) is 19.2 Å². The monoisotopic (exact) mass is 315 g/mol. The van der Waals surface area contributed by atoms with Crippen LogP contribution in [0.3, 0.4) is 0 Å². The van der Waals surface area contributed by atoms with Crippen molar-refractivity contribution in [3.63, 3.8) is 0 Å². The van der Waals surface area contributed by atoms with Crippen LogP contribution >= 0.6 is 0 Å². The molecule has 1 aliphatic heterocycles. The largest absolute Gasteiger partial charge is 0.381 e. The number of piperidine rings is 1. The van der Waals surface area contributed by atoms with Crippen LogP contribution in [0.25, 0.3) is 0 Å². The molecule has 0 aliphatic carbocycles. The van der Waals surface area contributed by atoms with Crippen LogP contribution < -0.4 is 10.2 Å². The third-order valence-corrected chi connectivity index (χ3v) is 4.06. The fraction of sp³-hybridized carbons (Fsp3) is 0.438. The van der Waals surface area contributed by atoms with Crippen LogP contribution in [0.15, 0.2) is 36.9 Å². The van der Waals surface area contributed by atoms with Gasteiger partial charge in [0, 0.05) is 31.6 Å². The fourth-order valence-electron chi connectivity index (χ4n) is 2.77. The fourth-order valence-corrected chi connectivity index (χ4v) is 2.77. The van der Waals surface area contributed by atoms with E-state index < -0.39 is 0 Å². The van der Waals surface area contributed by atoms with Crippen molar-refractivity contribution in [2.45, 2.75) is 25.5 Å². The van der Waals surface area contributed by atoms with E-state index in [1.54, 1.807) is 7.11 Å². The molecule has 0 saturated carbocycles. The van der Waals surface area contributed by atoms with Gasteiger partial charge in [0.2, 0.25) is 5.91 Å². The van der Waals surface area contributed by atoms with Gasteiger partial charge in [0.05, 0.1) is 6.10 Å². The van der Waals surface area contributed by atoms with Gasteiger partial charge in [0.15, 0.2) is 0 Å². The van der Waals surface area contributed by atoms with E-state index in [-0.39, 0.29) is 12.5 Å². The van der Waals surface area contributed by atoms with E-state index in [4.69, 9.17) is 4.74 Å². The van der Waals surface area contributed by atoms with Crippen molar-refractivity contribution in [1.82, 2.24) is 14.8 Å². The maximum absolute atomic E-state index is 11.9. The molecule has 1 aromatic carbocycles. The molecule has 1 aliphatic rings. The molecule has 0 atom stereocenters. The molecule has 2 heterocycles. The number of nitrogens with one attached hydrogen (secondary N) is 1. The lowest BCUT2D eigenvalue weighted by Gasteiger charge is -2.33. The summed E-state index contributed by atoms with van der Waals surface area (Å²) in [4.78, 5) is 18.1. The first-order chi connectivity index (χ1) is 11.2. The number of aromatic nitrogens is 3. The second-order valence-electron chi connectivity index (χ2n) is 5.61. The van der Waals surface area contributed by atoms with Gasteiger partial charge in [-0.1, -0.05) is 0 Å². The Hall–Kier alpha value is -2.41. The van der Waals surface area contributed by atoms with Crippen molar-refractivity contribution < 1.29 is 9.53 Å². The van der Waals surface area contributed by atoms with Crippen LogP contribution in [0.4, 0.5) is 11.4 Å². The predicted octanol–water partition coefficient (Wildman–Crippen LogP) is 1.53. The van der Waals surface area contributed by atoms with E-state index in [0.29, 0.717) is 6.10 Å². The van der Waals surface area contributed by atoms with E-state index in [9.17, 15) is 4.79 Å². The molecule has 0 unspecified atom stereocenters. The first-order valence-corrected chi connectivity index (χ1v) is 7.74. The molecule has 1 amide bonds. The number of nitrogens with zero attached hydrogens (tertiary/aromatic N) is 4. The summed E-state index contributed by atoms with van der Waals surface area (Å²) in [7, 11) is 1.77. The lowest BCUT2D eigenvalue weighted by Crippen LogP contribution is -2.36. The molecule has 7 heteroatoms. The lowest BCUT2D eigenvalue weighted by molar-refractivity contribution is -0.116. The van der Waals surface area contributed by atoms with Crippen molar-refractivity contribution >= 4 is 17.3 Å². The summed E-state index contributed by atoms with van der Waals surface area (Å²) < 4.78 is 6.89. The smallest absolute Gasteiger partial charge is 0.246 e. The van der Waals surface area contributed by atoms with Crippen molar-refractivity contribution in [2.75, 3.05) is 30.4 Å². The van der Waals surface area contributed by atoms with Gasteiger partial charge in [-0.2, -0.15) is 5.10 Å². The SMILES string of the molecule is COC1CCN(c2ccc(NC(=O)Cn3cncn3)cc2)CC1. The highest BCUT2D eigenvalue weighted by molar-refractivity contribution is 5.90. The Morgan fingerprint density at radius 2 is 2.04 bits per heavy atom. The number of amides is 1. The Labute approximate surface area is 135 Å². The molecule has 0 bridgehead atoms. The number of hydrogen-bond donors (Lipinski definition) is 1. The number of carbonyl (C=O) groups excluding carboxylic acids is 1. The predicted molar refractivity (Wildman–Crippen MR) is 87.3 cm³/mol. The normalized spacial score (nSPS) is 15.6. The van der Waals surface area contributed by atoms with Gasteiger partial charge in [-0.25, -0.2) is 9.67 Å². The molecule has 122 valence electrons. The molecule has 1 fully saturated rings. The molecule has 23 heavy (non-hydrogen) atoms. The van der Waals surface area contributed by atoms with Gasteiger partial charge in [0.25, 0.3) is 0 Å². The van der Waals surface area contributed by atoms with Gasteiger partial charge in [-0.3, -0.25) is 4.79 Å². The van der Waals surface area contributed by atoms with E-state index in [0.717, 1.165) is 31.6 Å². The van der Waals surface area contributed by atoms with Crippen LogP contribution in [0, 0.1) is 0 Å². The topological polar surface area (TPSA) is 72.3 Å². The molecule has 0 radical (unpaired) electrons. The Balaban J connectivity index is 1.54. The zero-order valence-corrected chi connectivity index (χ0v) is 13.2. The number of methoxy groups -OCH3 is 1. The quantitative estimate of drug-likeness (QED) is 0.906. The summed E-state index contributed by atoms with van der Waals surface area (Å²) in [5, 5.41) is 6.77. The van der Waals surface area contributed by atoms with Crippen molar-refractivity contribution in [3.05, 3.63) is 36.9 Å². The van der Waals surface area contributed by atoms with E-state index in [1.807, 2.05) is 24.3 Å². The van der Waals surface area contributed by atoms with Crippen LogP contribution in [0.1, 0.15) is 12.8 Å². The first-order valence-electron chi connectivity index (χ1n) is 7.74. The second-order valence-corrected chi connectivity index (χ2v) is 5.61. The number of anilines is 2. The highest BCUT2D eigenvalue weighted by Gasteiger charge is 2.18.